The molecule has 37 heavy (non-hydrogen) atoms. The molecule has 1 unspecified atom stereocenters. The molecule has 1 rings (SSSR count). The van der Waals surface area contributed by atoms with Crippen molar-refractivity contribution in [1.29, 1.82) is 0 Å². The van der Waals surface area contributed by atoms with E-state index in [0.717, 1.165) is 25.5 Å². The van der Waals surface area contributed by atoms with E-state index in [2.05, 4.69) is 118 Å². The predicted octanol–water partition coefficient (Wildman–Crippen LogP) is 8.26. The summed E-state index contributed by atoms with van der Waals surface area (Å²) in [4.78, 5) is 0. The van der Waals surface area contributed by atoms with Gasteiger partial charge in [-0.1, -0.05) is 19.8 Å². The molecule has 1 radical (unpaired) electrons. The smallest absolute Gasteiger partial charge is 0.238 e. The fourth-order valence-electron chi connectivity index (χ4n) is 6.76. The van der Waals surface area contributed by atoms with Crippen LogP contribution in [0.1, 0.15) is 26.2 Å². The third-order valence-corrected chi connectivity index (χ3v) is 77.3. The maximum atomic E-state index is 7.48. The van der Waals surface area contributed by atoms with Crippen LogP contribution in [0.2, 0.25) is 111 Å². The van der Waals surface area contributed by atoms with Gasteiger partial charge in [-0.2, -0.15) is 0 Å². The lowest BCUT2D eigenvalue weighted by molar-refractivity contribution is 0.0325. The standard InChI is InChI=1S/C24H63O5Si8/c1-18-22-37(34(14,15)28-32(8,9)10,35(16,17)29-33(11,12)13)36(23-20-19-21-25-36)24(26-30(2,3)4)27-31(5,6)7/h22,24H,18-21,23H2,1-17H3. The van der Waals surface area contributed by atoms with Crippen LogP contribution in [-0.2, 0) is 21.5 Å². The van der Waals surface area contributed by atoms with Gasteiger partial charge in [0.25, 0.3) is 0 Å². The molecule has 0 spiro atoms. The Bertz CT molecular complexity index is 685. The highest BCUT2D eigenvalue weighted by atomic mass is 29.9. The number of rotatable bonds is 14. The molecule has 5 nitrogen and oxygen atoms in total. The van der Waals surface area contributed by atoms with E-state index >= 15 is 0 Å². The average Bonchev–Trinajstić information content (AvgIpc) is 2.59. The SMILES string of the molecule is CC[CH][Si]([Si](C)(C)O[Si](C)(C)C)([Si](C)(C)O[Si](C)(C)C)[Si]1(C(O[Si](C)(C)C)O[Si](C)(C)C)CCCCO1. The van der Waals surface area contributed by atoms with Crippen molar-refractivity contribution in [2.45, 2.75) is 143 Å². The van der Waals surface area contributed by atoms with E-state index in [1.807, 2.05) is 0 Å². The molecule has 0 N–H and O–H groups in total. The summed E-state index contributed by atoms with van der Waals surface area (Å²) < 4.78 is 36.8. The van der Waals surface area contributed by atoms with E-state index in [4.69, 9.17) is 21.5 Å². The Balaban J connectivity index is 4.24. The molecule has 0 aromatic carbocycles. The molecule has 1 atom stereocenters. The van der Waals surface area contributed by atoms with Crippen LogP contribution in [0.25, 0.3) is 0 Å². The lowest BCUT2D eigenvalue weighted by atomic mass is 10.4. The Hall–Kier alpha value is 1.54. The van der Waals surface area contributed by atoms with Crippen molar-refractivity contribution in [3.8, 4) is 0 Å². The van der Waals surface area contributed by atoms with Crippen molar-refractivity contribution in [1.82, 2.24) is 0 Å². The highest BCUT2D eigenvalue weighted by Crippen LogP contribution is 2.49. The van der Waals surface area contributed by atoms with Crippen LogP contribution < -0.4 is 0 Å². The first-order chi connectivity index (χ1) is 16.2. The Kier molecular flexibility index (Phi) is 12.3. The van der Waals surface area contributed by atoms with Gasteiger partial charge < -0.3 is 21.5 Å². The fraction of sp³-hybridized carbons (Fsp3) is 0.958. The highest BCUT2D eigenvalue weighted by Gasteiger charge is 2.77. The minimum absolute atomic E-state index is 0.227. The van der Waals surface area contributed by atoms with Crippen LogP contribution in [0.4, 0.5) is 0 Å². The first-order valence-corrected chi connectivity index (χ1v) is 41.2. The van der Waals surface area contributed by atoms with Crippen LogP contribution in [0.15, 0.2) is 0 Å². The Morgan fingerprint density at radius 1 is 0.649 bits per heavy atom. The second-order valence-electron chi connectivity index (χ2n) is 15.9. The van der Waals surface area contributed by atoms with E-state index in [1.165, 1.54) is 6.42 Å². The minimum Gasteiger partial charge on any atom is -0.458 e. The molecule has 13 heteroatoms. The molecular weight excluding hydrogens is 593 g/mol. The van der Waals surface area contributed by atoms with Crippen LogP contribution >= 0.6 is 0 Å². The molecule has 0 aromatic rings. The van der Waals surface area contributed by atoms with Gasteiger partial charge in [-0.05, 0) is 123 Å². The summed E-state index contributed by atoms with van der Waals surface area (Å²) >= 11 is 0. The molecule has 1 saturated heterocycles. The molecule has 1 fully saturated rings. The van der Waals surface area contributed by atoms with Crippen molar-refractivity contribution < 1.29 is 21.5 Å². The van der Waals surface area contributed by atoms with Crippen LogP contribution in [0.3, 0.4) is 0 Å². The van der Waals surface area contributed by atoms with Gasteiger partial charge >= 0.3 is 0 Å². The third-order valence-electron chi connectivity index (χ3n) is 6.80. The van der Waals surface area contributed by atoms with Crippen molar-refractivity contribution >= 4 is 63.4 Å². The zero-order valence-corrected chi connectivity index (χ0v) is 35.7. The van der Waals surface area contributed by atoms with Crippen LogP contribution in [0.5, 0.6) is 0 Å². The Morgan fingerprint density at radius 2 is 1.05 bits per heavy atom. The van der Waals surface area contributed by atoms with E-state index < -0.39 is 63.4 Å². The van der Waals surface area contributed by atoms with Gasteiger partial charge in [0.05, 0.1) is 0 Å². The van der Waals surface area contributed by atoms with Gasteiger partial charge in [0.1, 0.15) is 12.5 Å². The molecule has 1 heterocycles. The van der Waals surface area contributed by atoms with Gasteiger partial charge in [-0.15, -0.1) is 0 Å². The van der Waals surface area contributed by atoms with Crippen molar-refractivity contribution in [2.24, 2.45) is 0 Å². The minimum atomic E-state index is -2.68. The maximum absolute atomic E-state index is 7.48. The van der Waals surface area contributed by atoms with Gasteiger partial charge in [-0.25, -0.2) is 0 Å². The molecule has 0 aromatic heterocycles. The fourth-order valence-corrected chi connectivity index (χ4v) is 106. The summed E-state index contributed by atoms with van der Waals surface area (Å²) in [6, 6.07) is 3.91. The molecule has 221 valence electrons. The van der Waals surface area contributed by atoms with E-state index in [9.17, 15) is 0 Å². The molecule has 0 aliphatic carbocycles. The summed E-state index contributed by atoms with van der Waals surface area (Å²) in [7, 11) is -14.9. The monoisotopic (exact) mass is 655 g/mol. The van der Waals surface area contributed by atoms with E-state index in [-0.39, 0.29) is 5.91 Å². The van der Waals surface area contributed by atoms with Gasteiger partial charge in [0, 0.05) is 6.61 Å². The first-order valence-electron chi connectivity index (χ1n) is 14.5. The summed E-state index contributed by atoms with van der Waals surface area (Å²) in [5.74, 6) is -0.227. The van der Waals surface area contributed by atoms with Gasteiger partial charge in [0.15, 0.2) is 48.9 Å². The third kappa shape index (κ3) is 9.53. The largest absolute Gasteiger partial charge is 0.458 e. The van der Waals surface area contributed by atoms with E-state index in [1.54, 1.807) is 0 Å². The van der Waals surface area contributed by atoms with Crippen molar-refractivity contribution in [3.05, 3.63) is 6.04 Å². The summed E-state index contributed by atoms with van der Waals surface area (Å²) in [6.45, 7) is 38.9. The number of hydrogen-bond acceptors (Lipinski definition) is 5. The summed E-state index contributed by atoms with van der Waals surface area (Å²) in [6.07, 6.45) is 3.37. The zero-order chi connectivity index (χ0) is 29.4. The molecule has 0 amide bonds. The molecule has 0 saturated carbocycles. The topological polar surface area (TPSA) is 46.2 Å². The Labute approximate surface area is 239 Å². The molecule has 0 bridgehead atoms. The Morgan fingerprint density at radius 3 is 1.32 bits per heavy atom. The van der Waals surface area contributed by atoms with Crippen LogP contribution in [-0.4, -0.2) is 75.9 Å². The van der Waals surface area contributed by atoms with Gasteiger partial charge in [0.2, 0.25) is 7.83 Å². The normalized spacial score (nSPS) is 21.6. The predicted molar refractivity (Wildman–Crippen MR) is 183 cm³/mol. The van der Waals surface area contributed by atoms with Crippen molar-refractivity contribution in [3.63, 3.8) is 0 Å². The maximum Gasteiger partial charge on any atom is 0.238 e. The summed E-state index contributed by atoms with van der Waals surface area (Å²) in [5.41, 5.74) is 0. The van der Waals surface area contributed by atoms with Crippen LogP contribution in [0, 0.1) is 6.04 Å². The second-order valence-corrected chi connectivity index (χ2v) is 67.3. The van der Waals surface area contributed by atoms with E-state index in [0.29, 0.717) is 0 Å². The first kappa shape index (κ1) is 36.6. The average molecular weight is 656 g/mol. The molecule has 1 aliphatic heterocycles. The number of hydrogen-bond donors (Lipinski definition) is 0. The molecule has 1 aliphatic rings. The van der Waals surface area contributed by atoms with Gasteiger partial charge in [-0.3, -0.25) is 0 Å². The summed E-state index contributed by atoms with van der Waals surface area (Å²) in [5, 5.41) is 0. The molecular formula is C24H63O5Si8. The quantitative estimate of drug-likeness (QED) is 0.139. The highest BCUT2D eigenvalue weighted by molar-refractivity contribution is 7.89. The van der Waals surface area contributed by atoms with Crippen molar-refractivity contribution in [2.75, 3.05) is 6.61 Å². The lowest BCUT2D eigenvalue weighted by Gasteiger charge is -2.63. The lowest BCUT2D eigenvalue weighted by Crippen LogP contribution is -2.93. The second kappa shape index (κ2) is 12.4. The zero-order valence-electron chi connectivity index (χ0n) is 27.7.